The fourth-order valence-corrected chi connectivity index (χ4v) is 2.28. The van der Waals surface area contributed by atoms with E-state index in [1.54, 1.807) is 19.1 Å². The highest BCUT2D eigenvalue weighted by Crippen LogP contribution is 2.25. The first-order valence-electron chi connectivity index (χ1n) is 6.44. The van der Waals surface area contributed by atoms with Crippen molar-refractivity contribution in [1.82, 2.24) is 9.78 Å². The smallest absolute Gasteiger partial charge is 0.123 e. The van der Waals surface area contributed by atoms with Crippen LogP contribution in [-0.4, -0.2) is 14.9 Å². The average molecular weight is 262 g/mol. The molecule has 3 nitrogen and oxygen atoms in total. The molecule has 2 rings (SSSR count). The van der Waals surface area contributed by atoms with E-state index in [-0.39, 0.29) is 5.82 Å². The number of nitrogens with zero attached hydrogens (tertiary/aromatic N) is 2. The van der Waals surface area contributed by atoms with Gasteiger partial charge in [-0.1, -0.05) is 12.1 Å². The highest BCUT2D eigenvalue weighted by molar-refractivity contribution is 5.25. The highest BCUT2D eigenvalue weighted by Gasteiger charge is 2.25. The Morgan fingerprint density at radius 2 is 1.95 bits per heavy atom. The maximum Gasteiger partial charge on any atom is 0.123 e. The number of benzene rings is 1. The molecular formula is C15H19FN2O. The summed E-state index contributed by atoms with van der Waals surface area (Å²) in [6, 6.07) is 7.95. The van der Waals surface area contributed by atoms with Crippen LogP contribution >= 0.6 is 0 Å². The molecule has 0 fully saturated rings. The van der Waals surface area contributed by atoms with E-state index in [1.807, 2.05) is 24.6 Å². The third-order valence-corrected chi connectivity index (χ3v) is 3.28. The zero-order chi connectivity index (χ0) is 14.0. The van der Waals surface area contributed by atoms with Gasteiger partial charge in [0, 0.05) is 18.7 Å². The van der Waals surface area contributed by atoms with Crippen LogP contribution in [0.3, 0.4) is 0 Å². The first-order valence-corrected chi connectivity index (χ1v) is 6.44. The van der Waals surface area contributed by atoms with Gasteiger partial charge in [0.15, 0.2) is 0 Å². The highest BCUT2D eigenvalue weighted by atomic mass is 19.1. The van der Waals surface area contributed by atoms with E-state index in [2.05, 4.69) is 5.10 Å². The molecule has 2 aromatic rings. The number of halogens is 1. The second kappa shape index (κ2) is 5.13. The molecule has 0 aliphatic heterocycles. The molecule has 1 aromatic carbocycles. The molecule has 0 saturated carbocycles. The van der Waals surface area contributed by atoms with Crippen LogP contribution in [0.2, 0.25) is 0 Å². The van der Waals surface area contributed by atoms with Crippen LogP contribution in [0.4, 0.5) is 4.39 Å². The number of aromatic nitrogens is 2. The number of aryl methyl sites for hydroxylation is 2. The van der Waals surface area contributed by atoms with E-state index < -0.39 is 5.60 Å². The normalized spacial score (nSPS) is 14.4. The molecule has 0 saturated heterocycles. The van der Waals surface area contributed by atoms with Gasteiger partial charge >= 0.3 is 0 Å². The molecule has 1 N–H and O–H groups in total. The number of aliphatic hydroxyl groups is 1. The van der Waals surface area contributed by atoms with Crippen LogP contribution in [0.15, 0.2) is 30.3 Å². The van der Waals surface area contributed by atoms with Gasteiger partial charge in [-0.25, -0.2) is 4.39 Å². The van der Waals surface area contributed by atoms with Crippen LogP contribution in [0.5, 0.6) is 0 Å². The molecule has 1 heterocycles. The van der Waals surface area contributed by atoms with Crippen LogP contribution in [-0.2, 0) is 18.6 Å². The minimum Gasteiger partial charge on any atom is -0.385 e. The molecule has 0 radical (unpaired) electrons. The molecule has 0 aliphatic rings. The van der Waals surface area contributed by atoms with E-state index in [0.717, 1.165) is 17.9 Å². The second-order valence-electron chi connectivity index (χ2n) is 5.05. The first kappa shape index (κ1) is 13.7. The molecule has 19 heavy (non-hydrogen) atoms. The predicted molar refractivity (Wildman–Crippen MR) is 72.3 cm³/mol. The molecule has 0 bridgehead atoms. The summed E-state index contributed by atoms with van der Waals surface area (Å²) < 4.78 is 14.8. The zero-order valence-corrected chi connectivity index (χ0v) is 11.5. The van der Waals surface area contributed by atoms with Crippen LogP contribution in [0.25, 0.3) is 0 Å². The Bertz CT molecular complexity index is 558. The quantitative estimate of drug-likeness (QED) is 0.920. The van der Waals surface area contributed by atoms with E-state index in [1.165, 1.54) is 12.1 Å². The van der Waals surface area contributed by atoms with Crippen LogP contribution < -0.4 is 0 Å². The minimum absolute atomic E-state index is 0.297. The van der Waals surface area contributed by atoms with Crippen molar-refractivity contribution in [2.45, 2.75) is 39.3 Å². The Morgan fingerprint density at radius 1 is 1.32 bits per heavy atom. The molecule has 1 aromatic heterocycles. The van der Waals surface area contributed by atoms with Crippen LogP contribution in [0.1, 0.15) is 30.8 Å². The molecule has 0 aliphatic carbocycles. The number of hydrogen-bond donors (Lipinski definition) is 1. The summed E-state index contributed by atoms with van der Waals surface area (Å²) in [5, 5.41) is 15.0. The van der Waals surface area contributed by atoms with Gasteiger partial charge in [0.05, 0.1) is 11.3 Å². The summed E-state index contributed by atoms with van der Waals surface area (Å²) in [6.45, 7) is 6.45. The van der Waals surface area contributed by atoms with E-state index >= 15 is 0 Å². The Hall–Kier alpha value is -1.68. The fraction of sp³-hybridized carbons (Fsp3) is 0.400. The van der Waals surface area contributed by atoms with E-state index in [4.69, 9.17) is 0 Å². The summed E-state index contributed by atoms with van der Waals surface area (Å²) in [5.41, 5.74) is 1.59. The standard InChI is InChI=1S/C15H19FN2O/c1-4-18-14(9-11(2)17-18)10-15(3,19)12-5-7-13(16)8-6-12/h5-9,19H,4,10H2,1-3H3. The molecule has 1 unspecified atom stereocenters. The summed E-state index contributed by atoms with van der Waals surface area (Å²) in [4.78, 5) is 0. The second-order valence-corrected chi connectivity index (χ2v) is 5.05. The summed E-state index contributed by atoms with van der Waals surface area (Å²) in [6.07, 6.45) is 0.452. The third kappa shape index (κ3) is 3.01. The lowest BCUT2D eigenvalue weighted by molar-refractivity contribution is 0.0553. The average Bonchev–Trinajstić information content (AvgIpc) is 2.69. The Kier molecular flexibility index (Phi) is 3.71. The van der Waals surface area contributed by atoms with Crippen molar-refractivity contribution in [2.24, 2.45) is 0 Å². The molecule has 1 atom stereocenters. The van der Waals surface area contributed by atoms with Gasteiger partial charge in [-0.3, -0.25) is 4.68 Å². The zero-order valence-electron chi connectivity index (χ0n) is 11.5. The van der Waals surface area contributed by atoms with Gasteiger partial charge in [-0.2, -0.15) is 5.10 Å². The van der Waals surface area contributed by atoms with Gasteiger partial charge in [-0.05, 0) is 44.5 Å². The van der Waals surface area contributed by atoms with Crippen molar-refractivity contribution < 1.29 is 9.50 Å². The number of hydrogen-bond acceptors (Lipinski definition) is 2. The largest absolute Gasteiger partial charge is 0.385 e. The van der Waals surface area contributed by atoms with Gasteiger partial charge in [0.1, 0.15) is 5.82 Å². The van der Waals surface area contributed by atoms with Gasteiger partial charge in [0.2, 0.25) is 0 Å². The third-order valence-electron chi connectivity index (χ3n) is 3.28. The summed E-state index contributed by atoms with van der Waals surface area (Å²) in [7, 11) is 0. The summed E-state index contributed by atoms with van der Waals surface area (Å²) >= 11 is 0. The van der Waals surface area contributed by atoms with Crippen molar-refractivity contribution >= 4 is 0 Å². The van der Waals surface area contributed by atoms with Crippen molar-refractivity contribution in [3.8, 4) is 0 Å². The first-order chi connectivity index (χ1) is 8.92. The van der Waals surface area contributed by atoms with Crippen LogP contribution in [0, 0.1) is 12.7 Å². The number of rotatable bonds is 4. The van der Waals surface area contributed by atoms with Crippen molar-refractivity contribution in [2.75, 3.05) is 0 Å². The maximum atomic E-state index is 12.9. The molecular weight excluding hydrogens is 243 g/mol. The minimum atomic E-state index is -1.03. The lowest BCUT2D eigenvalue weighted by atomic mass is 9.91. The van der Waals surface area contributed by atoms with E-state index in [9.17, 15) is 9.50 Å². The van der Waals surface area contributed by atoms with Gasteiger partial charge < -0.3 is 5.11 Å². The Labute approximate surface area is 112 Å². The van der Waals surface area contributed by atoms with E-state index in [0.29, 0.717) is 12.0 Å². The lowest BCUT2D eigenvalue weighted by Gasteiger charge is -2.24. The van der Waals surface area contributed by atoms with Gasteiger partial charge in [-0.15, -0.1) is 0 Å². The molecule has 102 valence electrons. The monoisotopic (exact) mass is 262 g/mol. The predicted octanol–water partition coefficient (Wildman–Crippen LogP) is 2.80. The summed E-state index contributed by atoms with van der Waals surface area (Å²) in [5.74, 6) is -0.297. The lowest BCUT2D eigenvalue weighted by Crippen LogP contribution is -2.25. The van der Waals surface area contributed by atoms with Crippen molar-refractivity contribution in [3.05, 3.63) is 53.1 Å². The molecule has 0 spiro atoms. The van der Waals surface area contributed by atoms with Gasteiger partial charge in [0.25, 0.3) is 0 Å². The molecule has 4 heteroatoms. The Morgan fingerprint density at radius 3 is 2.53 bits per heavy atom. The SMILES string of the molecule is CCn1nc(C)cc1CC(C)(O)c1ccc(F)cc1. The van der Waals surface area contributed by atoms with Crippen molar-refractivity contribution in [3.63, 3.8) is 0 Å². The Balaban J connectivity index is 2.27. The topological polar surface area (TPSA) is 38.0 Å². The molecule has 0 amide bonds. The fourth-order valence-electron chi connectivity index (χ4n) is 2.28. The van der Waals surface area contributed by atoms with Crippen molar-refractivity contribution in [1.29, 1.82) is 0 Å². The maximum absolute atomic E-state index is 12.9.